The van der Waals surface area contributed by atoms with Crippen molar-refractivity contribution in [1.82, 2.24) is 0 Å². The number of aliphatic hydroxyl groups is 2. The number of hydrogen-bond acceptors (Lipinski definition) is 6. The van der Waals surface area contributed by atoms with Gasteiger partial charge in [-0.15, -0.1) is 0 Å². The van der Waals surface area contributed by atoms with Gasteiger partial charge in [0, 0.05) is 50.7 Å². The van der Waals surface area contributed by atoms with Gasteiger partial charge in [0.15, 0.2) is 0 Å². The van der Waals surface area contributed by atoms with Crippen molar-refractivity contribution >= 4 is 29.4 Å². The molecule has 6 rings (SSSR count). The number of aromatic carboxylic acids is 2. The van der Waals surface area contributed by atoms with Gasteiger partial charge in [-0.3, -0.25) is 0 Å². The fraction of sp³-hybridized carbons (Fsp3) is 0.344. The van der Waals surface area contributed by atoms with Crippen molar-refractivity contribution in [2.24, 2.45) is 0 Å². The highest BCUT2D eigenvalue weighted by Gasteiger charge is 2.28. The zero-order valence-electron chi connectivity index (χ0n) is 45.4. The summed E-state index contributed by atoms with van der Waals surface area (Å²) in [5.41, 5.74) is 14.8. The number of nitrogens with zero attached hydrogens (tertiary/aromatic N) is 2. The number of carboxylic acid groups (broad SMARTS) is 2. The summed E-state index contributed by atoms with van der Waals surface area (Å²) in [7, 11) is 8.17. The summed E-state index contributed by atoms with van der Waals surface area (Å²) in [5, 5.41) is 40.4. The van der Waals surface area contributed by atoms with E-state index in [1.54, 1.807) is 42.5 Å². The Bertz CT molecular complexity index is 2940. The summed E-state index contributed by atoms with van der Waals surface area (Å²) in [5.74, 6) is 3.99. The molecular formula is C64H76N2O6. The first kappa shape index (κ1) is 56.0. The molecule has 8 heteroatoms. The van der Waals surface area contributed by atoms with Crippen molar-refractivity contribution in [3.8, 4) is 34.1 Å². The number of carbonyl (C=O) groups is 2. The van der Waals surface area contributed by atoms with E-state index < -0.39 is 24.1 Å². The molecule has 378 valence electrons. The second kappa shape index (κ2) is 22.2. The van der Waals surface area contributed by atoms with E-state index >= 15 is 0 Å². The molecule has 0 radical (unpaired) electrons. The second-order valence-corrected chi connectivity index (χ2v) is 23.2. The van der Waals surface area contributed by atoms with Crippen LogP contribution in [0.1, 0.15) is 161 Å². The van der Waals surface area contributed by atoms with Gasteiger partial charge < -0.3 is 30.2 Å². The van der Waals surface area contributed by atoms with E-state index in [9.17, 15) is 19.8 Å². The number of benzene rings is 6. The Labute approximate surface area is 429 Å². The zero-order valence-corrected chi connectivity index (χ0v) is 45.4. The molecule has 6 aromatic rings. The maximum Gasteiger partial charge on any atom is 0.335 e. The largest absolute Gasteiger partial charge is 0.478 e. The van der Waals surface area contributed by atoms with Gasteiger partial charge in [0.25, 0.3) is 0 Å². The molecule has 0 saturated heterocycles. The van der Waals surface area contributed by atoms with E-state index in [1.807, 2.05) is 40.3 Å². The Morgan fingerprint density at radius 2 is 0.986 bits per heavy atom. The standard InChI is InChI=1S/C32H39NO3.C32H37NO3/c1-31(2,3)25-16-14-22(15-17-25)26-19-24(20-27(33(7)8)29(26)32(4,5)6)28(34)18-11-21-9-12-23(13-10-21)30(35)36;1-31(2,3)25-16-14-22(15-17-25)26-19-24(20-27(32(4,5)6)29(26)33(7)8)28(34)18-11-21-9-12-23(13-10-21)30(35)36/h9-20,28,34H,1-8H3,(H,35,36);9-10,12-17,19-20,28,34H,1-8H3,(H,35,36)/b18-11+;. The van der Waals surface area contributed by atoms with E-state index in [0.29, 0.717) is 5.56 Å². The van der Waals surface area contributed by atoms with Gasteiger partial charge in [-0.2, -0.15) is 0 Å². The topological polar surface area (TPSA) is 122 Å². The molecule has 72 heavy (non-hydrogen) atoms. The third-order valence-electron chi connectivity index (χ3n) is 12.7. The molecule has 0 saturated carbocycles. The molecule has 0 fully saturated rings. The molecule has 2 atom stereocenters. The third-order valence-corrected chi connectivity index (χ3v) is 12.7. The van der Waals surface area contributed by atoms with Crippen LogP contribution in [0.3, 0.4) is 0 Å². The van der Waals surface area contributed by atoms with Gasteiger partial charge in [0.05, 0.1) is 17.2 Å². The Kier molecular flexibility index (Phi) is 17.3. The van der Waals surface area contributed by atoms with Crippen LogP contribution in [0, 0.1) is 11.8 Å². The lowest BCUT2D eigenvalue weighted by atomic mass is 9.78. The highest BCUT2D eigenvalue weighted by molar-refractivity contribution is 5.88. The van der Waals surface area contributed by atoms with Gasteiger partial charge in [-0.1, -0.05) is 168 Å². The highest BCUT2D eigenvalue weighted by atomic mass is 16.4. The van der Waals surface area contributed by atoms with Gasteiger partial charge in [-0.05, 0) is 138 Å². The van der Waals surface area contributed by atoms with E-state index in [0.717, 1.165) is 55.9 Å². The van der Waals surface area contributed by atoms with Crippen LogP contribution in [-0.4, -0.2) is 60.6 Å². The van der Waals surface area contributed by atoms with Gasteiger partial charge in [-0.25, -0.2) is 9.59 Å². The minimum absolute atomic E-state index is 0.0653. The molecule has 4 N–H and O–H groups in total. The molecule has 0 heterocycles. The SMILES string of the molecule is CN(C)c1c(-c2ccc(C(C)(C)C)cc2)cc(C(O)C#Cc2ccc(C(=O)O)cc2)cc1C(C)(C)C.CN(C)c1cc(C(O)/C=C/c2ccc(C(=O)O)cc2)cc(-c2ccc(C(C)(C)C)cc2)c1C(C)(C)C. The smallest absolute Gasteiger partial charge is 0.335 e. The molecule has 0 spiro atoms. The summed E-state index contributed by atoms with van der Waals surface area (Å²) in [4.78, 5) is 26.4. The Balaban J connectivity index is 0.000000267. The van der Waals surface area contributed by atoms with E-state index in [-0.39, 0.29) is 32.8 Å². The summed E-state index contributed by atoms with van der Waals surface area (Å²) in [6.07, 6.45) is 1.76. The summed E-state index contributed by atoms with van der Waals surface area (Å²) >= 11 is 0. The molecule has 6 aromatic carbocycles. The lowest BCUT2D eigenvalue weighted by molar-refractivity contribution is 0.0686. The van der Waals surface area contributed by atoms with E-state index in [2.05, 4.69) is 171 Å². The van der Waals surface area contributed by atoms with Crippen molar-refractivity contribution in [2.45, 2.75) is 117 Å². The maximum absolute atomic E-state index is 11.1. The average molecular weight is 969 g/mol. The van der Waals surface area contributed by atoms with Crippen LogP contribution in [0.15, 0.2) is 127 Å². The lowest BCUT2D eigenvalue weighted by Crippen LogP contribution is -2.21. The van der Waals surface area contributed by atoms with Crippen LogP contribution in [-0.2, 0) is 21.7 Å². The number of anilines is 2. The molecule has 2 unspecified atom stereocenters. The fourth-order valence-electron chi connectivity index (χ4n) is 8.56. The fourth-order valence-corrected chi connectivity index (χ4v) is 8.56. The summed E-state index contributed by atoms with van der Waals surface area (Å²) < 4.78 is 0. The van der Waals surface area contributed by atoms with Crippen LogP contribution >= 0.6 is 0 Å². The number of aliphatic hydroxyl groups excluding tert-OH is 2. The van der Waals surface area contributed by atoms with Gasteiger partial charge in [0.2, 0.25) is 0 Å². The highest BCUT2D eigenvalue weighted by Crippen LogP contribution is 2.44. The normalized spacial score (nSPS) is 12.8. The molecule has 0 aliphatic heterocycles. The molecule has 0 aliphatic rings. The quantitative estimate of drug-likeness (QED) is 0.100. The number of hydrogen-bond donors (Lipinski definition) is 4. The molecule has 0 aromatic heterocycles. The first-order chi connectivity index (χ1) is 33.4. The first-order valence-electron chi connectivity index (χ1n) is 24.5. The molecule has 0 amide bonds. The molecule has 8 nitrogen and oxygen atoms in total. The van der Waals surface area contributed by atoms with Crippen LogP contribution in [0.4, 0.5) is 11.4 Å². The second-order valence-electron chi connectivity index (χ2n) is 23.2. The Hall–Kier alpha value is -6.92. The maximum atomic E-state index is 11.1. The van der Waals surface area contributed by atoms with Crippen molar-refractivity contribution in [3.05, 3.63) is 183 Å². The van der Waals surface area contributed by atoms with Crippen molar-refractivity contribution in [1.29, 1.82) is 0 Å². The monoisotopic (exact) mass is 969 g/mol. The number of carboxylic acids is 2. The van der Waals surface area contributed by atoms with E-state index in [4.69, 9.17) is 10.2 Å². The summed E-state index contributed by atoms with van der Waals surface area (Å²) in [6, 6.07) is 38.6. The average Bonchev–Trinajstić information content (AvgIpc) is 3.30. The van der Waals surface area contributed by atoms with Crippen molar-refractivity contribution in [2.75, 3.05) is 38.0 Å². The minimum atomic E-state index is -0.992. The van der Waals surface area contributed by atoms with Gasteiger partial charge >= 0.3 is 11.9 Å². The predicted molar refractivity (Wildman–Crippen MR) is 300 cm³/mol. The zero-order chi connectivity index (χ0) is 53.7. The van der Waals surface area contributed by atoms with Crippen molar-refractivity contribution in [3.63, 3.8) is 0 Å². The molecule has 0 bridgehead atoms. The first-order valence-corrected chi connectivity index (χ1v) is 24.5. The predicted octanol–water partition coefficient (Wildman–Crippen LogP) is 14.3. The molecule has 0 aliphatic carbocycles. The number of rotatable bonds is 10. The van der Waals surface area contributed by atoms with Crippen LogP contribution in [0.2, 0.25) is 0 Å². The summed E-state index contributed by atoms with van der Waals surface area (Å²) in [6.45, 7) is 26.4. The van der Waals surface area contributed by atoms with Gasteiger partial charge in [0.1, 0.15) is 6.10 Å². The van der Waals surface area contributed by atoms with Crippen LogP contribution < -0.4 is 9.80 Å². The Morgan fingerprint density at radius 1 is 0.528 bits per heavy atom. The van der Waals surface area contributed by atoms with E-state index in [1.165, 1.54) is 28.8 Å². The van der Waals surface area contributed by atoms with Crippen molar-refractivity contribution < 1.29 is 30.0 Å². The minimum Gasteiger partial charge on any atom is -0.478 e. The third kappa shape index (κ3) is 14.1. The lowest BCUT2D eigenvalue weighted by Gasteiger charge is -2.31. The van der Waals surface area contributed by atoms with Crippen LogP contribution in [0.5, 0.6) is 0 Å². The van der Waals surface area contributed by atoms with Crippen LogP contribution in [0.25, 0.3) is 28.3 Å². The Morgan fingerprint density at radius 3 is 1.40 bits per heavy atom. The molecular weight excluding hydrogens is 893 g/mol.